The summed E-state index contributed by atoms with van der Waals surface area (Å²) in [6, 6.07) is 25.4. The second-order valence-corrected chi connectivity index (χ2v) is 5.97. The van der Waals surface area contributed by atoms with Gasteiger partial charge in [0.2, 0.25) is 0 Å². The summed E-state index contributed by atoms with van der Waals surface area (Å²) >= 11 is 1.71. The Labute approximate surface area is 140 Å². The maximum Gasteiger partial charge on any atom is 0.256 e. The molecule has 0 atom stereocenters. The van der Waals surface area contributed by atoms with Crippen molar-refractivity contribution >= 4 is 23.4 Å². The molecule has 1 N–H and O–H groups in total. The van der Waals surface area contributed by atoms with E-state index in [1.807, 2.05) is 54.6 Å². The van der Waals surface area contributed by atoms with Crippen molar-refractivity contribution in [1.29, 1.82) is 0 Å². The number of hydrogen-bond acceptors (Lipinski definition) is 2. The van der Waals surface area contributed by atoms with Crippen molar-refractivity contribution in [2.24, 2.45) is 0 Å². The highest BCUT2D eigenvalue weighted by Crippen LogP contribution is 2.26. The molecule has 23 heavy (non-hydrogen) atoms. The Balaban J connectivity index is 1.92. The molecule has 0 heterocycles. The zero-order valence-corrected chi connectivity index (χ0v) is 13.6. The van der Waals surface area contributed by atoms with E-state index in [1.54, 1.807) is 11.8 Å². The van der Waals surface area contributed by atoms with E-state index in [1.165, 1.54) is 4.90 Å². The Morgan fingerprint density at radius 1 is 0.826 bits per heavy atom. The lowest BCUT2D eigenvalue weighted by atomic mass is 9.99. The normalized spacial score (nSPS) is 10.3. The molecule has 0 aliphatic rings. The quantitative estimate of drug-likeness (QED) is 0.659. The van der Waals surface area contributed by atoms with Gasteiger partial charge in [-0.05, 0) is 47.7 Å². The van der Waals surface area contributed by atoms with Gasteiger partial charge in [-0.15, -0.1) is 11.8 Å². The summed E-state index contributed by atoms with van der Waals surface area (Å²) in [6.45, 7) is 0. The molecule has 0 saturated heterocycles. The highest BCUT2D eigenvalue weighted by atomic mass is 32.2. The maximum absolute atomic E-state index is 12.6. The SMILES string of the molecule is CSc1ccc(-c2ccccc2C(=O)Nc2ccccc2)cc1. The lowest BCUT2D eigenvalue weighted by Crippen LogP contribution is -2.12. The van der Waals surface area contributed by atoms with Crippen LogP contribution < -0.4 is 5.32 Å². The lowest BCUT2D eigenvalue weighted by Gasteiger charge is -2.11. The van der Waals surface area contributed by atoms with Crippen LogP contribution in [0.25, 0.3) is 11.1 Å². The van der Waals surface area contributed by atoms with Crippen LogP contribution in [0.4, 0.5) is 5.69 Å². The molecule has 3 aromatic rings. The fraction of sp³-hybridized carbons (Fsp3) is 0.0500. The van der Waals surface area contributed by atoms with Gasteiger partial charge in [-0.2, -0.15) is 0 Å². The average molecular weight is 319 g/mol. The summed E-state index contributed by atoms with van der Waals surface area (Å²) in [6.07, 6.45) is 2.05. The second kappa shape index (κ2) is 7.16. The van der Waals surface area contributed by atoms with Crippen LogP contribution in [0.5, 0.6) is 0 Å². The van der Waals surface area contributed by atoms with Crippen molar-refractivity contribution in [2.45, 2.75) is 4.90 Å². The molecule has 114 valence electrons. The molecule has 3 aromatic carbocycles. The van der Waals surface area contributed by atoms with Crippen molar-refractivity contribution < 1.29 is 4.79 Å². The third-order valence-corrected chi connectivity index (χ3v) is 4.35. The van der Waals surface area contributed by atoms with E-state index in [9.17, 15) is 4.79 Å². The molecule has 0 aliphatic heterocycles. The van der Waals surface area contributed by atoms with E-state index >= 15 is 0 Å². The number of amides is 1. The van der Waals surface area contributed by atoms with Gasteiger partial charge in [-0.3, -0.25) is 4.79 Å². The van der Waals surface area contributed by atoms with Crippen molar-refractivity contribution in [2.75, 3.05) is 11.6 Å². The number of carbonyl (C=O) groups is 1. The number of benzene rings is 3. The Kier molecular flexibility index (Phi) is 4.79. The molecule has 3 rings (SSSR count). The van der Waals surface area contributed by atoms with Gasteiger partial charge in [0.15, 0.2) is 0 Å². The van der Waals surface area contributed by atoms with E-state index in [-0.39, 0.29) is 5.91 Å². The number of anilines is 1. The molecule has 1 amide bonds. The third kappa shape index (κ3) is 3.63. The van der Waals surface area contributed by atoms with Crippen molar-refractivity contribution in [1.82, 2.24) is 0 Å². The van der Waals surface area contributed by atoms with Gasteiger partial charge in [0.1, 0.15) is 0 Å². The largest absolute Gasteiger partial charge is 0.322 e. The molecule has 2 nitrogen and oxygen atoms in total. The monoisotopic (exact) mass is 319 g/mol. The number of para-hydroxylation sites is 1. The highest BCUT2D eigenvalue weighted by Gasteiger charge is 2.12. The standard InChI is InChI=1S/C20H17NOS/c1-23-17-13-11-15(12-14-17)18-9-5-6-10-19(18)20(22)21-16-7-3-2-4-8-16/h2-14H,1H3,(H,21,22). The summed E-state index contributed by atoms with van der Waals surface area (Å²) in [7, 11) is 0. The molecule has 0 aromatic heterocycles. The van der Waals surface area contributed by atoms with E-state index in [2.05, 4.69) is 35.8 Å². The summed E-state index contributed by atoms with van der Waals surface area (Å²) in [5.41, 5.74) is 3.45. The minimum atomic E-state index is -0.0965. The summed E-state index contributed by atoms with van der Waals surface area (Å²) in [5, 5.41) is 2.95. The van der Waals surface area contributed by atoms with E-state index in [4.69, 9.17) is 0 Å². The zero-order chi connectivity index (χ0) is 16.1. The van der Waals surface area contributed by atoms with Gasteiger partial charge in [0, 0.05) is 16.1 Å². The Bertz CT molecular complexity index is 797. The van der Waals surface area contributed by atoms with E-state index in [0.29, 0.717) is 5.56 Å². The summed E-state index contributed by atoms with van der Waals surface area (Å²) in [4.78, 5) is 13.8. The smallest absolute Gasteiger partial charge is 0.256 e. The Hall–Kier alpha value is -2.52. The molecule has 0 fully saturated rings. The second-order valence-electron chi connectivity index (χ2n) is 5.09. The first-order chi connectivity index (χ1) is 11.3. The molecule has 3 heteroatoms. The molecule has 0 saturated carbocycles. The van der Waals surface area contributed by atoms with E-state index < -0.39 is 0 Å². The van der Waals surface area contributed by atoms with Crippen molar-refractivity contribution in [3.8, 4) is 11.1 Å². The Morgan fingerprint density at radius 3 is 2.17 bits per heavy atom. The van der Waals surface area contributed by atoms with Crippen LogP contribution in [0.1, 0.15) is 10.4 Å². The first kappa shape index (κ1) is 15.4. The van der Waals surface area contributed by atoms with Crippen LogP contribution in [-0.2, 0) is 0 Å². The van der Waals surface area contributed by atoms with E-state index in [0.717, 1.165) is 16.8 Å². The van der Waals surface area contributed by atoms with Gasteiger partial charge >= 0.3 is 0 Å². The summed E-state index contributed by atoms with van der Waals surface area (Å²) in [5.74, 6) is -0.0965. The predicted octanol–water partition coefficient (Wildman–Crippen LogP) is 5.33. The fourth-order valence-electron chi connectivity index (χ4n) is 2.42. The molecule has 0 unspecified atom stereocenters. The maximum atomic E-state index is 12.6. The molecule has 0 bridgehead atoms. The van der Waals surface area contributed by atoms with Gasteiger partial charge in [-0.25, -0.2) is 0 Å². The minimum absolute atomic E-state index is 0.0965. The average Bonchev–Trinajstić information content (AvgIpc) is 2.62. The Morgan fingerprint density at radius 2 is 1.48 bits per heavy atom. The first-order valence-electron chi connectivity index (χ1n) is 7.38. The van der Waals surface area contributed by atoms with Crippen LogP contribution in [0, 0.1) is 0 Å². The molecule has 0 aliphatic carbocycles. The molecular weight excluding hydrogens is 302 g/mol. The number of thioether (sulfide) groups is 1. The van der Waals surface area contributed by atoms with Crippen molar-refractivity contribution in [3.05, 3.63) is 84.4 Å². The first-order valence-corrected chi connectivity index (χ1v) is 8.60. The zero-order valence-electron chi connectivity index (χ0n) is 12.8. The van der Waals surface area contributed by atoms with Gasteiger partial charge in [0.25, 0.3) is 5.91 Å². The van der Waals surface area contributed by atoms with Crippen LogP contribution >= 0.6 is 11.8 Å². The third-order valence-electron chi connectivity index (χ3n) is 3.60. The summed E-state index contributed by atoms with van der Waals surface area (Å²) < 4.78 is 0. The van der Waals surface area contributed by atoms with Gasteiger partial charge in [0.05, 0.1) is 0 Å². The van der Waals surface area contributed by atoms with Crippen LogP contribution in [0.3, 0.4) is 0 Å². The molecule has 0 radical (unpaired) electrons. The number of nitrogens with one attached hydrogen (secondary N) is 1. The molecular formula is C20H17NOS. The van der Waals surface area contributed by atoms with Crippen molar-refractivity contribution in [3.63, 3.8) is 0 Å². The molecule has 0 spiro atoms. The van der Waals surface area contributed by atoms with Gasteiger partial charge < -0.3 is 5.32 Å². The fourth-order valence-corrected chi connectivity index (χ4v) is 2.83. The van der Waals surface area contributed by atoms with Gasteiger partial charge in [-0.1, -0.05) is 48.5 Å². The topological polar surface area (TPSA) is 29.1 Å². The lowest BCUT2D eigenvalue weighted by molar-refractivity contribution is 0.102. The predicted molar refractivity (Wildman–Crippen MR) is 98.1 cm³/mol. The highest BCUT2D eigenvalue weighted by molar-refractivity contribution is 7.98. The number of hydrogen-bond donors (Lipinski definition) is 1. The van der Waals surface area contributed by atoms with Crippen LogP contribution in [-0.4, -0.2) is 12.2 Å². The van der Waals surface area contributed by atoms with Crippen LogP contribution in [0.2, 0.25) is 0 Å². The number of rotatable bonds is 4. The number of carbonyl (C=O) groups excluding carboxylic acids is 1. The van der Waals surface area contributed by atoms with Crippen LogP contribution in [0.15, 0.2) is 83.8 Å². The minimum Gasteiger partial charge on any atom is -0.322 e.